The normalized spacial score (nSPS) is 11.0. The van der Waals surface area contributed by atoms with E-state index in [0.29, 0.717) is 34.2 Å². The van der Waals surface area contributed by atoms with Crippen molar-refractivity contribution in [2.45, 2.75) is 47.1 Å². The summed E-state index contributed by atoms with van der Waals surface area (Å²) in [5, 5.41) is 3.89. The number of aryl methyl sites for hydroxylation is 1. The smallest absolute Gasteiger partial charge is 0.340 e. The van der Waals surface area contributed by atoms with Crippen molar-refractivity contribution < 1.29 is 18.8 Å². The Morgan fingerprint density at radius 2 is 2.00 bits per heavy atom. The molecule has 0 unspecified atom stereocenters. The second-order valence-corrected chi connectivity index (χ2v) is 6.21. The maximum absolute atomic E-state index is 12.7. The number of aromatic amines is 1. The molecule has 0 saturated carbocycles. The van der Waals surface area contributed by atoms with Crippen LogP contribution in [0.15, 0.2) is 4.52 Å². The van der Waals surface area contributed by atoms with Crippen molar-refractivity contribution in [2.75, 3.05) is 13.7 Å². The Hall–Kier alpha value is -2.64. The molecule has 25 heavy (non-hydrogen) atoms. The summed E-state index contributed by atoms with van der Waals surface area (Å²) in [5.41, 5.74) is 1.94. The number of esters is 1. The van der Waals surface area contributed by atoms with Gasteiger partial charge in [0.25, 0.3) is 5.91 Å². The first-order valence-electron chi connectivity index (χ1n) is 8.20. The highest BCUT2D eigenvalue weighted by Crippen LogP contribution is 2.21. The molecule has 0 aromatic carbocycles. The van der Waals surface area contributed by atoms with Gasteiger partial charge in [-0.1, -0.05) is 19.0 Å². The molecule has 0 atom stereocenters. The molecule has 1 N–H and O–H groups in total. The number of carbonyl (C=O) groups is 2. The third-order valence-corrected chi connectivity index (χ3v) is 3.83. The van der Waals surface area contributed by atoms with Gasteiger partial charge < -0.3 is 19.1 Å². The lowest BCUT2D eigenvalue weighted by atomic mass is 10.1. The maximum atomic E-state index is 12.7. The van der Waals surface area contributed by atoms with E-state index in [-0.39, 0.29) is 25.0 Å². The Labute approximate surface area is 146 Å². The Bertz CT molecular complexity index is 776. The minimum atomic E-state index is -0.435. The second-order valence-electron chi connectivity index (χ2n) is 6.21. The largest absolute Gasteiger partial charge is 0.462 e. The van der Waals surface area contributed by atoms with E-state index in [1.165, 1.54) is 4.90 Å². The number of carbonyl (C=O) groups excluding carboxylic acids is 2. The minimum Gasteiger partial charge on any atom is -0.462 e. The Balaban J connectivity index is 2.19. The third-order valence-electron chi connectivity index (χ3n) is 3.83. The summed E-state index contributed by atoms with van der Waals surface area (Å²) in [6.07, 6.45) is 0. The first-order valence-corrected chi connectivity index (χ1v) is 8.20. The van der Waals surface area contributed by atoms with Gasteiger partial charge in [0, 0.05) is 18.7 Å². The van der Waals surface area contributed by atoms with E-state index in [4.69, 9.17) is 9.26 Å². The number of nitrogens with zero attached hydrogens (tertiary/aromatic N) is 3. The summed E-state index contributed by atoms with van der Waals surface area (Å²) >= 11 is 0. The van der Waals surface area contributed by atoms with Gasteiger partial charge in [-0.2, -0.15) is 4.98 Å². The molecule has 0 fully saturated rings. The Kier molecular flexibility index (Phi) is 5.61. The summed E-state index contributed by atoms with van der Waals surface area (Å²) in [7, 11) is 1.65. The number of aromatic nitrogens is 3. The molecule has 8 heteroatoms. The van der Waals surface area contributed by atoms with Gasteiger partial charge in [0.2, 0.25) is 5.89 Å². The van der Waals surface area contributed by atoms with Crippen LogP contribution in [0.25, 0.3) is 0 Å². The van der Waals surface area contributed by atoms with E-state index in [0.717, 1.165) is 0 Å². The van der Waals surface area contributed by atoms with E-state index in [2.05, 4.69) is 15.1 Å². The standard InChI is InChI=1S/C17H24N4O4/c1-7-24-17(23)13-10(4)14(18-11(13)5)16(22)21(6)8-12-19-15(9(2)3)25-20-12/h9,18H,7-8H2,1-6H3. The highest BCUT2D eigenvalue weighted by molar-refractivity contribution is 6.00. The van der Waals surface area contributed by atoms with Gasteiger partial charge in [-0.25, -0.2) is 4.79 Å². The van der Waals surface area contributed by atoms with Crippen LogP contribution in [0, 0.1) is 13.8 Å². The zero-order chi connectivity index (χ0) is 18.7. The van der Waals surface area contributed by atoms with Crippen LogP contribution >= 0.6 is 0 Å². The molecule has 0 aliphatic rings. The SMILES string of the molecule is CCOC(=O)c1c(C)[nH]c(C(=O)N(C)Cc2noc(C(C)C)n2)c1C. The summed E-state index contributed by atoms with van der Waals surface area (Å²) < 4.78 is 10.2. The number of nitrogens with one attached hydrogen (secondary N) is 1. The van der Waals surface area contributed by atoms with Crippen LogP contribution in [-0.2, 0) is 11.3 Å². The fourth-order valence-electron chi connectivity index (χ4n) is 2.51. The number of H-pyrrole nitrogens is 1. The van der Waals surface area contributed by atoms with Gasteiger partial charge in [0.1, 0.15) is 5.69 Å². The lowest BCUT2D eigenvalue weighted by Gasteiger charge is -2.14. The maximum Gasteiger partial charge on any atom is 0.340 e. The number of hydrogen-bond acceptors (Lipinski definition) is 6. The molecule has 0 aliphatic carbocycles. The van der Waals surface area contributed by atoms with Gasteiger partial charge >= 0.3 is 5.97 Å². The highest BCUT2D eigenvalue weighted by atomic mass is 16.5. The van der Waals surface area contributed by atoms with Gasteiger partial charge in [-0.05, 0) is 26.3 Å². The van der Waals surface area contributed by atoms with E-state index in [1.807, 2.05) is 13.8 Å². The summed E-state index contributed by atoms with van der Waals surface area (Å²) in [6.45, 7) is 9.60. The van der Waals surface area contributed by atoms with Crippen molar-refractivity contribution in [1.82, 2.24) is 20.0 Å². The van der Waals surface area contributed by atoms with E-state index < -0.39 is 5.97 Å². The summed E-state index contributed by atoms with van der Waals surface area (Å²) in [6, 6.07) is 0. The van der Waals surface area contributed by atoms with Crippen molar-refractivity contribution in [3.63, 3.8) is 0 Å². The van der Waals surface area contributed by atoms with E-state index in [1.54, 1.807) is 27.8 Å². The van der Waals surface area contributed by atoms with Crippen molar-refractivity contribution in [3.8, 4) is 0 Å². The first-order chi connectivity index (χ1) is 11.8. The molecule has 0 bridgehead atoms. The fourth-order valence-corrected chi connectivity index (χ4v) is 2.51. The first kappa shape index (κ1) is 18.7. The van der Waals surface area contributed by atoms with E-state index in [9.17, 15) is 9.59 Å². The van der Waals surface area contributed by atoms with Gasteiger partial charge in [0.05, 0.1) is 18.7 Å². The van der Waals surface area contributed by atoms with Crippen molar-refractivity contribution in [3.05, 3.63) is 34.2 Å². The van der Waals surface area contributed by atoms with Crippen LogP contribution in [0.1, 0.15) is 70.5 Å². The predicted octanol–water partition coefficient (Wildman–Crippen LogP) is 2.59. The zero-order valence-electron chi connectivity index (χ0n) is 15.5. The highest BCUT2D eigenvalue weighted by Gasteiger charge is 2.25. The fraction of sp³-hybridized carbons (Fsp3) is 0.529. The molecule has 1 amide bonds. The average Bonchev–Trinajstić information content (AvgIpc) is 3.11. The number of amides is 1. The molecule has 2 aromatic heterocycles. The molecule has 0 radical (unpaired) electrons. The minimum absolute atomic E-state index is 0.127. The van der Waals surface area contributed by atoms with E-state index >= 15 is 0 Å². The topological polar surface area (TPSA) is 101 Å². The number of ether oxygens (including phenoxy) is 1. The molecule has 2 rings (SSSR count). The van der Waals surface area contributed by atoms with Crippen LogP contribution in [0.4, 0.5) is 0 Å². The van der Waals surface area contributed by atoms with Crippen LogP contribution in [0.3, 0.4) is 0 Å². The Morgan fingerprint density at radius 3 is 2.56 bits per heavy atom. The monoisotopic (exact) mass is 348 g/mol. The summed E-state index contributed by atoms with van der Waals surface area (Å²) in [5.74, 6) is 0.406. The van der Waals surface area contributed by atoms with Crippen LogP contribution in [0.2, 0.25) is 0 Å². The molecule has 0 spiro atoms. The lowest BCUT2D eigenvalue weighted by molar-refractivity contribution is 0.0525. The van der Waals surface area contributed by atoms with Crippen LogP contribution < -0.4 is 0 Å². The van der Waals surface area contributed by atoms with Crippen molar-refractivity contribution >= 4 is 11.9 Å². The number of rotatable bonds is 6. The zero-order valence-corrected chi connectivity index (χ0v) is 15.5. The van der Waals surface area contributed by atoms with Crippen molar-refractivity contribution in [2.24, 2.45) is 0 Å². The van der Waals surface area contributed by atoms with Crippen LogP contribution in [-0.4, -0.2) is 45.6 Å². The van der Waals surface area contributed by atoms with Gasteiger partial charge in [-0.3, -0.25) is 4.79 Å². The molecule has 8 nitrogen and oxygen atoms in total. The molecular weight excluding hydrogens is 324 g/mol. The third kappa shape index (κ3) is 3.89. The predicted molar refractivity (Wildman–Crippen MR) is 90.4 cm³/mol. The Morgan fingerprint density at radius 1 is 1.32 bits per heavy atom. The molecule has 0 saturated heterocycles. The number of hydrogen-bond donors (Lipinski definition) is 1. The lowest BCUT2D eigenvalue weighted by Crippen LogP contribution is -2.27. The molecule has 2 aromatic rings. The molecule has 0 aliphatic heterocycles. The van der Waals surface area contributed by atoms with Crippen molar-refractivity contribution in [1.29, 1.82) is 0 Å². The molecular formula is C17H24N4O4. The quantitative estimate of drug-likeness (QED) is 0.805. The average molecular weight is 348 g/mol. The van der Waals surface area contributed by atoms with Gasteiger partial charge in [0.15, 0.2) is 5.82 Å². The molecule has 2 heterocycles. The molecule has 136 valence electrons. The summed E-state index contributed by atoms with van der Waals surface area (Å²) in [4.78, 5) is 33.5. The second kappa shape index (κ2) is 7.50. The van der Waals surface area contributed by atoms with Gasteiger partial charge in [-0.15, -0.1) is 0 Å². The van der Waals surface area contributed by atoms with Crippen LogP contribution in [0.5, 0.6) is 0 Å².